The number of piperidine rings is 1. The standard InChI is InChI=1S/C20H23N5O2/c1-3-27-19(26)20(2)6-4-8-25(12-20)16-5-7-23-18-17(16)15(11-24-18)14-9-21-13-22-10-14/h5,7,9-11,13H,3-4,6,8,12H2,1-2H3,(H,23,24). The van der Waals surface area contributed by atoms with Crippen LogP contribution in [0.2, 0.25) is 0 Å². The molecule has 3 aromatic heterocycles. The number of esters is 1. The first-order valence-electron chi connectivity index (χ1n) is 9.26. The quantitative estimate of drug-likeness (QED) is 0.715. The van der Waals surface area contributed by atoms with Crippen molar-refractivity contribution in [2.24, 2.45) is 5.41 Å². The zero-order valence-electron chi connectivity index (χ0n) is 15.6. The van der Waals surface area contributed by atoms with E-state index in [1.165, 1.54) is 6.33 Å². The van der Waals surface area contributed by atoms with Gasteiger partial charge in [-0.25, -0.2) is 15.0 Å². The molecule has 0 amide bonds. The number of ether oxygens (including phenoxy) is 1. The molecule has 0 spiro atoms. The number of H-pyrrole nitrogens is 1. The maximum atomic E-state index is 12.5. The van der Waals surface area contributed by atoms with Crippen molar-refractivity contribution >= 4 is 22.7 Å². The van der Waals surface area contributed by atoms with Crippen LogP contribution in [0, 0.1) is 5.41 Å². The molecule has 27 heavy (non-hydrogen) atoms. The Hall–Kier alpha value is -2.96. The summed E-state index contributed by atoms with van der Waals surface area (Å²) in [6, 6.07) is 2.01. The molecule has 7 nitrogen and oxygen atoms in total. The Balaban J connectivity index is 1.76. The van der Waals surface area contributed by atoms with E-state index < -0.39 is 5.41 Å². The summed E-state index contributed by atoms with van der Waals surface area (Å²) in [4.78, 5) is 30.8. The van der Waals surface area contributed by atoms with E-state index in [0.717, 1.165) is 47.2 Å². The molecular formula is C20H23N5O2. The van der Waals surface area contributed by atoms with Crippen molar-refractivity contribution in [2.45, 2.75) is 26.7 Å². The molecule has 0 bridgehead atoms. The van der Waals surface area contributed by atoms with Gasteiger partial charge in [-0.2, -0.15) is 0 Å². The molecule has 1 fully saturated rings. The fraction of sp³-hybridized carbons (Fsp3) is 0.400. The number of hydrogen-bond acceptors (Lipinski definition) is 6. The average Bonchev–Trinajstić information content (AvgIpc) is 3.13. The van der Waals surface area contributed by atoms with Crippen LogP contribution in [-0.4, -0.2) is 45.6 Å². The lowest BCUT2D eigenvalue weighted by Crippen LogP contribution is -2.47. The smallest absolute Gasteiger partial charge is 0.313 e. The summed E-state index contributed by atoms with van der Waals surface area (Å²) in [5.74, 6) is -0.120. The van der Waals surface area contributed by atoms with E-state index >= 15 is 0 Å². The highest BCUT2D eigenvalue weighted by molar-refractivity contribution is 6.02. The molecule has 7 heteroatoms. The molecule has 1 atom stereocenters. The second-order valence-electron chi connectivity index (χ2n) is 7.19. The van der Waals surface area contributed by atoms with Gasteiger partial charge < -0.3 is 14.6 Å². The van der Waals surface area contributed by atoms with Gasteiger partial charge >= 0.3 is 5.97 Å². The molecular weight excluding hydrogens is 342 g/mol. The fourth-order valence-electron chi connectivity index (χ4n) is 3.89. The van der Waals surface area contributed by atoms with Gasteiger partial charge in [0.2, 0.25) is 0 Å². The second-order valence-corrected chi connectivity index (χ2v) is 7.19. The predicted molar refractivity (Wildman–Crippen MR) is 103 cm³/mol. The Morgan fingerprint density at radius 1 is 1.37 bits per heavy atom. The van der Waals surface area contributed by atoms with Gasteiger partial charge in [0.1, 0.15) is 12.0 Å². The maximum absolute atomic E-state index is 12.5. The number of hydrogen-bond donors (Lipinski definition) is 1. The van der Waals surface area contributed by atoms with Crippen LogP contribution in [0.15, 0.2) is 37.2 Å². The van der Waals surface area contributed by atoms with Crippen molar-refractivity contribution < 1.29 is 9.53 Å². The number of aromatic amines is 1. The third-order valence-electron chi connectivity index (χ3n) is 5.23. The van der Waals surface area contributed by atoms with Crippen LogP contribution in [-0.2, 0) is 9.53 Å². The summed E-state index contributed by atoms with van der Waals surface area (Å²) in [5, 5.41) is 1.03. The summed E-state index contributed by atoms with van der Waals surface area (Å²) < 4.78 is 5.33. The number of carbonyl (C=O) groups excluding carboxylic acids is 1. The van der Waals surface area contributed by atoms with Gasteiger partial charge in [0, 0.05) is 54.7 Å². The zero-order chi connectivity index (χ0) is 18.9. The second kappa shape index (κ2) is 6.98. The highest BCUT2D eigenvalue weighted by atomic mass is 16.5. The van der Waals surface area contributed by atoms with Crippen LogP contribution >= 0.6 is 0 Å². The molecule has 4 heterocycles. The van der Waals surface area contributed by atoms with Crippen molar-refractivity contribution in [3.63, 3.8) is 0 Å². The van der Waals surface area contributed by atoms with Crippen LogP contribution in [0.25, 0.3) is 22.2 Å². The van der Waals surface area contributed by atoms with Gasteiger partial charge in [-0.15, -0.1) is 0 Å². The number of rotatable bonds is 4. The van der Waals surface area contributed by atoms with Crippen LogP contribution in [0.3, 0.4) is 0 Å². The van der Waals surface area contributed by atoms with E-state index in [-0.39, 0.29) is 5.97 Å². The van der Waals surface area contributed by atoms with E-state index in [1.54, 1.807) is 18.6 Å². The van der Waals surface area contributed by atoms with Gasteiger partial charge in [0.05, 0.1) is 17.4 Å². The molecule has 0 aliphatic carbocycles. The van der Waals surface area contributed by atoms with E-state index in [4.69, 9.17) is 4.74 Å². The maximum Gasteiger partial charge on any atom is 0.313 e. The van der Waals surface area contributed by atoms with Gasteiger partial charge in [0.15, 0.2) is 0 Å². The predicted octanol–water partition coefficient (Wildman–Crippen LogP) is 3.19. The number of aromatic nitrogens is 4. The summed E-state index contributed by atoms with van der Waals surface area (Å²) in [7, 11) is 0. The molecule has 1 aliphatic heterocycles. The first-order valence-corrected chi connectivity index (χ1v) is 9.26. The zero-order valence-corrected chi connectivity index (χ0v) is 15.6. The molecule has 1 unspecified atom stereocenters. The largest absolute Gasteiger partial charge is 0.466 e. The summed E-state index contributed by atoms with van der Waals surface area (Å²) in [6.07, 6.45) is 10.6. The lowest BCUT2D eigenvalue weighted by molar-refractivity contribution is -0.154. The first kappa shape index (κ1) is 17.5. The highest BCUT2D eigenvalue weighted by Crippen LogP contribution is 2.39. The van der Waals surface area contributed by atoms with Crippen LogP contribution in [0.4, 0.5) is 5.69 Å². The summed E-state index contributed by atoms with van der Waals surface area (Å²) in [5.41, 5.74) is 3.32. The third-order valence-corrected chi connectivity index (χ3v) is 5.23. The van der Waals surface area contributed by atoms with E-state index in [9.17, 15) is 4.79 Å². The number of nitrogens with zero attached hydrogens (tertiary/aromatic N) is 4. The molecule has 4 rings (SSSR count). The minimum atomic E-state index is -0.504. The Bertz CT molecular complexity index is 955. The van der Waals surface area contributed by atoms with Crippen molar-refractivity contribution in [1.82, 2.24) is 19.9 Å². The van der Waals surface area contributed by atoms with Crippen LogP contribution in [0.5, 0.6) is 0 Å². The monoisotopic (exact) mass is 365 g/mol. The van der Waals surface area contributed by atoms with Crippen LogP contribution in [0.1, 0.15) is 26.7 Å². The summed E-state index contributed by atoms with van der Waals surface area (Å²) in [6.45, 7) is 5.77. The van der Waals surface area contributed by atoms with Crippen molar-refractivity contribution in [3.05, 3.63) is 37.2 Å². The molecule has 0 radical (unpaired) electrons. The number of nitrogens with one attached hydrogen (secondary N) is 1. The topological polar surface area (TPSA) is 84.0 Å². The molecule has 0 aromatic carbocycles. The van der Waals surface area contributed by atoms with E-state index in [2.05, 4.69) is 24.8 Å². The molecule has 140 valence electrons. The molecule has 1 saturated heterocycles. The average molecular weight is 365 g/mol. The number of fused-ring (bicyclic) bond motifs is 1. The molecule has 0 saturated carbocycles. The van der Waals surface area contributed by atoms with Gasteiger partial charge in [0.25, 0.3) is 0 Å². The third kappa shape index (κ3) is 3.13. The minimum Gasteiger partial charge on any atom is -0.466 e. The Morgan fingerprint density at radius 3 is 2.96 bits per heavy atom. The first-order chi connectivity index (χ1) is 13.1. The van der Waals surface area contributed by atoms with E-state index in [1.807, 2.05) is 26.1 Å². The van der Waals surface area contributed by atoms with Crippen molar-refractivity contribution in [3.8, 4) is 11.1 Å². The Labute approximate surface area is 157 Å². The minimum absolute atomic E-state index is 0.120. The van der Waals surface area contributed by atoms with Gasteiger partial charge in [-0.1, -0.05) is 0 Å². The molecule has 1 aliphatic rings. The molecule has 1 N–H and O–H groups in total. The highest BCUT2D eigenvalue weighted by Gasteiger charge is 2.39. The molecule has 3 aromatic rings. The number of pyridine rings is 1. The number of carbonyl (C=O) groups is 1. The van der Waals surface area contributed by atoms with E-state index in [0.29, 0.717) is 13.2 Å². The number of anilines is 1. The Kier molecular flexibility index (Phi) is 4.51. The van der Waals surface area contributed by atoms with Gasteiger partial charge in [-0.05, 0) is 32.8 Å². The van der Waals surface area contributed by atoms with Gasteiger partial charge in [-0.3, -0.25) is 4.79 Å². The summed E-state index contributed by atoms with van der Waals surface area (Å²) >= 11 is 0. The van der Waals surface area contributed by atoms with Crippen molar-refractivity contribution in [2.75, 3.05) is 24.6 Å². The van der Waals surface area contributed by atoms with Crippen molar-refractivity contribution in [1.29, 1.82) is 0 Å². The fourth-order valence-corrected chi connectivity index (χ4v) is 3.89. The lowest BCUT2D eigenvalue weighted by atomic mass is 9.81. The lowest BCUT2D eigenvalue weighted by Gasteiger charge is -2.40. The normalized spacial score (nSPS) is 20.0. The van der Waals surface area contributed by atoms with Crippen LogP contribution < -0.4 is 4.90 Å². The SMILES string of the molecule is CCOC(=O)C1(C)CCCN(c2ccnc3[nH]cc(-c4cncnc4)c23)C1. The Morgan fingerprint density at radius 2 is 2.19 bits per heavy atom.